The molecule has 2 unspecified atom stereocenters. The molecule has 0 saturated heterocycles. The molecule has 0 heterocycles. The van der Waals surface area contributed by atoms with Crippen LogP contribution in [0.5, 0.6) is 5.75 Å². The van der Waals surface area contributed by atoms with Gasteiger partial charge in [0.25, 0.3) is 5.91 Å². The van der Waals surface area contributed by atoms with Gasteiger partial charge in [-0.3, -0.25) is 9.59 Å². The number of halogens is 1. The molecule has 1 aromatic carbocycles. The summed E-state index contributed by atoms with van der Waals surface area (Å²) >= 11 is 0. The third kappa shape index (κ3) is 4.72. The number of nitrogens with zero attached hydrogens (tertiary/aromatic N) is 1. The zero-order valence-corrected chi connectivity index (χ0v) is 17.4. The Bertz CT molecular complexity index is 663. The number of hydrogen-bond donors (Lipinski definition) is 2. The fraction of sp³-hybridized carbons (Fsp3) is 0.579. The SMILES string of the molecule is CCOC1CC(N)(C(=O)Nc2ccc(OCC(=O)N(C)C)cc2)C1(C)C.Cl. The Hall–Kier alpha value is -1.83. The number of hydrogen-bond acceptors (Lipinski definition) is 5. The molecular weight excluding hydrogens is 370 g/mol. The molecule has 152 valence electrons. The molecule has 8 heteroatoms. The number of rotatable bonds is 7. The van der Waals surface area contributed by atoms with Crippen molar-refractivity contribution in [2.45, 2.75) is 38.8 Å². The van der Waals surface area contributed by atoms with E-state index >= 15 is 0 Å². The van der Waals surface area contributed by atoms with Gasteiger partial charge in [0.15, 0.2) is 6.61 Å². The number of anilines is 1. The third-order valence-electron chi connectivity index (χ3n) is 5.21. The zero-order valence-electron chi connectivity index (χ0n) is 16.6. The average Bonchev–Trinajstić information content (AvgIpc) is 2.60. The summed E-state index contributed by atoms with van der Waals surface area (Å²) < 4.78 is 11.1. The van der Waals surface area contributed by atoms with E-state index in [0.29, 0.717) is 24.5 Å². The first-order chi connectivity index (χ1) is 12.1. The molecular formula is C19H30ClN3O4. The lowest BCUT2D eigenvalue weighted by atomic mass is 9.54. The van der Waals surface area contributed by atoms with Crippen LogP contribution in [0.15, 0.2) is 24.3 Å². The molecule has 1 saturated carbocycles. The summed E-state index contributed by atoms with van der Waals surface area (Å²) in [7, 11) is 3.34. The number of carbonyl (C=O) groups excluding carboxylic acids is 2. The number of ether oxygens (including phenoxy) is 2. The standard InChI is InChI=1S/C19H29N3O4.ClH/c1-6-25-15-11-19(20,18(15,2)3)17(24)21-13-7-9-14(10-8-13)26-12-16(23)22(4)5;/h7-10,15H,6,11-12,20H2,1-5H3,(H,21,24);1H. The molecule has 2 amide bonds. The summed E-state index contributed by atoms with van der Waals surface area (Å²) in [6.07, 6.45) is 0.473. The van der Waals surface area contributed by atoms with Crippen LogP contribution in [0.2, 0.25) is 0 Å². The minimum atomic E-state index is -0.972. The van der Waals surface area contributed by atoms with E-state index in [9.17, 15) is 9.59 Å². The number of benzene rings is 1. The Morgan fingerprint density at radius 1 is 1.26 bits per heavy atom. The van der Waals surface area contributed by atoms with E-state index in [-0.39, 0.29) is 36.9 Å². The van der Waals surface area contributed by atoms with Gasteiger partial charge in [-0.15, -0.1) is 12.4 Å². The van der Waals surface area contributed by atoms with Crippen LogP contribution in [-0.4, -0.2) is 55.7 Å². The Labute approximate surface area is 167 Å². The molecule has 1 aromatic rings. The summed E-state index contributed by atoms with van der Waals surface area (Å²) in [5.41, 5.74) is 5.59. The quantitative estimate of drug-likeness (QED) is 0.731. The Morgan fingerprint density at radius 3 is 2.33 bits per heavy atom. The topological polar surface area (TPSA) is 93.9 Å². The van der Waals surface area contributed by atoms with Crippen molar-refractivity contribution in [2.24, 2.45) is 11.1 Å². The van der Waals surface area contributed by atoms with Gasteiger partial charge < -0.3 is 25.4 Å². The lowest BCUT2D eigenvalue weighted by Gasteiger charge is -2.57. The smallest absolute Gasteiger partial charge is 0.259 e. The Balaban J connectivity index is 0.00000364. The Kier molecular flexibility index (Phi) is 7.66. The molecule has 1 fully saturated rings. The van der Waals surface area contributed by atoms with E-state index in [0.717, 1.165) is 0 Å². The number of amides is 2. The second-order valence-electron chi connectivity index (χ2n) is 7.40. The summed E-state index contributed by atoms with van der Waals surface area (Å²) in [4.78, 5) is 25.7. The van der Waals surface area contributed by atoms with Crippen LogP contribution in [0.4, 0.5) is 5.69 Å². The van der Waals surface area contributed by atoms with Crippen LogP contribution in [0.1, 0.15) is 27.2 Å². The van der Waals surface area contributed by atoms with Gasteiger partial charge >= 0.3 is 0 Å². The lowest BCUT2D eigenvalue weighted by Crippen LogP contribution is -2.74. The van der Waals surface area contributed by atoms with Crippen LogP contribution in [0.25, 0.3) is 0 Å². The highest BCUT2D eigenvalue weighted by molar-refractivity contribution is 5.99. The second kappa shape index (κ2) is 8.91. The van der Waals surface area contributed by atoms with Crippen molar-refractivity contribution in [2.75, 3.05) is 32.6 Å². The molecule has 3 N–H and O–H groups in total. The van der Waals surface area contributed by atoms with Gasteiger partial charge in [-0.1, -0.05) is 13.8 Å². The summed E-state index contributed by atoms with van der Waals surface area (Å²) in [5, 5.41) is 2.86. The van der Waals surface area contributed by atoms with Gasteiger partial charge in [-0.05, 0) is 31.2 Å². The van der Waals surface area contributed by atoms with Crippen LogP contribution >= 0.6 is 12.4 Å². The first-order valence-electron chi connectivity index (χ1n) is 8.76. The molecule has 1 aliphatic carbocycles. The largest absolute Gasteiger partial charge is 0.484 e. The van der Waals surface area contributed by atoms with Gasteiger partial charge in [0.2, 0.25) is 5.91 Å². The zero-order chi connectivity index (χ0) is 19.5. The number of carbonyl (C=O) groups is 2. The maximum absolute atomic E-state index is 12.7. The van der Waals surface area contributed by atoms with Gasteiger partial charge in [-0.2, -0.15) is 0 Å². The van der Waals surface area contributed by atoms with Gasteiger partial charge in [-0.25, -0.2) is 0 Å². The monoisotopic (exact) mass is 399 g/mol. The maximum Gasteiger partial charge on any atom is 0.259 e. The van der Waals surface area contributed by atoms with Crippen molar-refractivity contribution in [1.82, 2.24) is 4.90 Å². The highest BCUT2D eigenvalue weighted by atomic mass is 35.5. The van der Waals surface area contributed by atoms with Crippen LogP contribution in [0, 0.1) is 5.41 Å². The Morgan fingerprint density at radius 2 is 1.85 bits per heavy atom. The van der Waals surface area contributed by atoms with Gasteiger partial charge in [0.05, 0.1) is 6.10 Å². The summed E-state index contributed by atoms with van der Waals surface area (Å²) in [5.74, 6) is 0.208. The van der Waals surface area contributed by atoms with Crippen molar-refractivity contribution in [3.05, 3.63) is 24.3 Å². The second-order valence-corrected chi connectivity index (χ2v) is 7.40. The molecule has 0 spiro atoms. The van der Waals surface area contributed by atoms with E-state index < -0.39 is 11.0 Å². The van der Waals surface area contributed by atoms with E-state index in [1.54, 1.807) is 38.4 Å². The van der Waals surface area contributed by atoms with Crippen LogP contribution in [0.3, 0.4) is 0 Å². The average molecular weight is 400 g/mol. The molecule has 0 bridgehead atoms. The van der Waals surface area contributed by atoms with Crippen molar-refractivity contribution in [1.29, 1.82) is 0 Å². The minimum Gasteiger partial charge on any atom is -0.484 e. The number of nitrogens with two attached hydrogens (primary N) is 1. The first-order valence-corrected chi connectivity index (χ1v) is 8.76. The van der Waals surface area contributed by atoms with Crippen molar-refractivity contribution in [3.63, 3.8) is 0 Å². The molecule has 0 aromatic heterocycles. The van der Waals surface area contributed by atoms with Crippen molar-refractivity contribution < 1.29 is 19.1 Å². The maximum atomic E-state index is 12.7. The predicted octanol–water partition coefficient (Wildman–Crippen LogP) is 2.05. The molecule has 27 heavy (non-hydrogen) atoms. The highest BCUT2D eigenvalue weighted by Crippen LogP contribution is 2.50. The fourth-order valence-corrected chi connectivity index (χ4v) is 2.97. The van der Waals surface area contributed by atoms with Crippen LogP contribution in [-0.2, 0) is 14.3 Å². The number of nitrogens with one attached hydrogen (secondary N) is 1. The molecule has 2 atom stereocenters. The molecule has 0 radical (unpaired) electrons. The summed E-state index contributed by atoms with van der Waals surface area (Å²) in [6.45, 7) is 6.41. The molecule has 1 aliphatic rings. The fourth-order valence-electron chi connectivity index (χ4n) is 2.97. The molecule has 0 aliphatic heterocycles. The van der Waals surface area contributed by atoms with E-state index in [1.165, 1.54) is 4.90 Å². The minimum absolute atomic E-state index is 0. The van der Waals surface area contributed by atoms with Crippen molar-refractivity contribution >= 4 is 29.9 Å². The van der Waals surface area contributed by atoms with E-state index in [2.05, 4.69) is 5.32 Å². The van der Waals surface area contributed by atoms with E-state index in [1.807, 2.05) is 20.8 Å². The molecule has 2 rings (SSSR count). The number of likely N-dealkylation sites (N-methyl/N-ethyl adjacent to an activating group) is 1. The van der Waals surface area contributed by atoms with Gasteiger partial charge in [0, 0.05) is 38.2 Å². The lowest BCUT2D eigenvalue weighted by molar-refractivity contribution is -0.166. The third-order valence-corrected chi connectivity index (χ3v) is 5.21. The normalized spacial score (nSPS) is 22.8. The van der Waals surface area contributed by atoms with Crippen LogP contribution < -0.4 is 15.8 Å². The van der Waals surface area contributed by atoms with E-state index in [4.69, 9.17) is 15.2 Å². The first kappa shape index (κ1) is 23.2. The summed E-state index contributed by atoms with van der Waals surface area (Å²) in [6, 6.07) is 6.86. The van der Waals surface area contributed by atoms with Gasteiger partial charge in [0.1, 0.15) is 11.3 Å². The highest BCUT2D eigenvalue weighted by Gasteiger charge is 2.62. The predicted molar refractivity (Wildman–Crippen MR) is 107 cm³/mol. The molecule has 7 nitrogen and oxygen atoms in total. The van der Waals surface area contributed by atoms with Crippen molar-refractivity contribution in [3.8, 4) is 5.75 Å².